The molecule has 0 radical (unpaired) electrons. The standard InChI is InChI=1S/C15H29N3O/c1-2-18-11-7-13(8-12-18)6-10-17-15(19)14-5-3-4-9-16-14/h13-14,16H,2-12H2,1H3,(H,17,19)/t14-/m1/s1. The van der Waals surface area contributed by atoms with Crippen LogP contribution in [-0.2, 0) is 4.79 Å². The van der Waals surface area contributed by atoms with Crippen LogP contribution in [0.2, 0.25) is 0 Å². The Morgan fingerprint density at radius 2 is 2.05 bits per heavy atom. The molecule has 2 rings (SSSR count). The van der Waals surface area contributed by atoms with E-state index in [1.807, 2.05) is 0 Å². The van der Waals surface area contributed by atoms with Crippen molar-refractivity contribution in [2.45, 2.75) is 51.5 Å². The van der Waals surface area contributed by atoms with Crippen LogP contribution in [0.4, 0.5) is 0 Å². The van der Waals surface area contributed by atoms with Crippen LogP contribution in [0.3, 0.4) is 0 Å². The van der Waals surface area contributed by atoms with Gasteiger partial charge in [-0.15, -0.1) is 0 Å². The molecule has 4 nitrogen and oxygen atoms in total. The summed E-state index contributed by atoms with van der Waals surface area (Å²) in [6.45, 7) is 7.73. The molecule has 0 aromatic carbocycles. The third-order valence-electron chi connectivity index (χ3n) is 4.63. The van der Waals surface area contributed by atoms with Gasteiger partial charge in [-0.2, -0.15) is 0 Å². The Balaban J connectivity index is 1.57. The lowest BCUT2D eigenvalue weighted by Gasteiger charge is -2.31. The molecule has 2 aliphatic rings. The van der Waals surface area contributed by atoms with E-state index in [-0.39, 0.29) is 11.9 Å². The second-order valence-electron chi connectivity index (χ2n) is 5.96. The van der Waals surface area contributed by atoms with E-state index in [0.717, 1.165) is 31.8 Å². The Labute approximate surface area is 117 Å². The lowest BCUT2D eigenvalue weighted by atomic mass is 9.93. The van der Waals surface area contributed by atoms with E-state index >= 15 is 0 Å². The molecule has 2 aliphatic heterocycles. The van der Waals surface area contributed by atoms with Gasteiger partial charge in [0, 0.05) is 6.54 Å². The number of nitrogens with one attached hydrogen (secondary N) is 2. The molecule has 2 fully saturated rings. The fourth-order valence-corrected chi connectivity index (χ4v) is 3.19. The van der Waals surface area contributed by atoms with Crippen LogP contribution in [0, 0.1) is 5.92 Å². The fourth-order valence-electron chi connectivity index (χ4n) is 3.19. The van der Waals surface area contributed by atoms with Gasteiger partial charge in [0.15, 0.2) is 0 Å². The Morgan fingerprint density at radius 1 is 1.26 bits per heavy atom. The summed E-state index contributed by atoms with van der Waals surface area (Å²) in [4.78, 5) is 14.5. The molecular weight excluding hydrogens is 238 g/mol. The second kappa shape index (κ2) is 7.85. The quantitative estimate of drug-likeness (QED) is 0.791. The van der Waals surface area contributed by atoms with Crippen LogP contribution in [-0.4, -0.2) is 49.6 Å². The number of amides is 1. The molecule has 110 valence electrons. The topological polar surface area (TPSA) is 44.4 Å². The maximum Gasteiger partial charge on any atom is 0.237 e. The van der Waals surface area contributed by atoms with Gasteiger partial charge in [-0.1, -0.05) is 13.3 Å². The van der Waals surface area contributed by atoms with Crippen molar-refractivity contribution in [2.75, 3.05) is 32.7 Å². The number of carbonyl (C=O) groups excluding carboxylic acids is 1. The van der Waals surface area contributed by atoms with Crippen molar-refractivity contribution in [3.63, 3.8) is 0 Å². The average molecular weight is 267 g/mol. The molecule has 0 aromatic heterocycles. The van der Waals surface area contributed by atoms with Gasteiger partial charge in [0.1, 0.15) is 0 Å². The smallest absolute Gasteiger partial charge is 0.237 e. The van der Waals surface area contributed by atoms with Crippen molar-refractivity contribution in [3.05, 3.63) is 0 Å². The SMILES string of the molecule is CCN1CCC(CCNC(=O)[C@H]2CCCCN2)CC1. The molecule has 2 N–H and O–H groups in total. The number of piperidine rings is 2. The van der Waals surface area contributed by atoms with Gasteiger partial charge in [-0.3, -0.25) is 4.79 Å². The minimum absolute atomic E-state index is 0.0655. The zero-order valence-corrected chi connectivity index (χ0v) is 12.3. The minimum Gasteiger partial charge on any atom is -0.355 e. The molecule has 1 atom stereocenters. The lowest BCUT2D eigenvalue weighted by molar-refractivity contribution is -0.123. The summed E-state index contributed by atoms with van der Waals surface area (Å²) in [5.74, 6) is 1.02. The Bertz CT molecular complexity index is 269. The minimum atomic E-state index is 0.0655. The van der Waals surface area contributed by atoms with Crippen molar-refractivity contribution in [1.82, 2.24) is 15.5 Å². The molecule has 0 unspecified atom stereocenters. The molecule has 1 amide bonds. The van der Waals surface area contributed by atoms with Gasteiger partial charge in [0.25, 0.3) is 0 Å². The van der Waals surface area contributed by atoms with Gasteiger partial charge in [0.2, 0.25) is 5.91 Å². The van der Waals surface area contributed by atoms with E-state index in [1.165, 1.54) is 45.3 Å². The summed E-state index contributed by atoms with van der Waals surface area (Å²) in [6, 6.07) is 0.0655. The first-order chi connectivity index (χ1) is 9.29. The van der Waals surface area contributed by atoms with Crippen LogP contribution in [0.5, 0.6) is 0 Å². The molecule has 2 heterocycles. The molecular formula is C15H29N3O. The highest BCUT2D eigenvalue weighted by atomic mass is 16.2. The van der Waals surface area contributed by atoms with Crippen molar-refractivity contribution in [1.29, 1.82) is 0 Å². The third kappa shape index (κ3) is 4.77. The predicted octanol–water partition coefficient (Wildman–Crippen LogP) is 1.37. The van der Waals surface area contributed by atoms with Crippen molar-refractivity contribution >= 4 is 5.91 Å². The number of nitrogens with zero attached hydrogens (tertiary/aromatic N) is 1. The van der Waals surface area contributed by atoms with E-state index in [0.29, 0.717) is 0 Å². The van der Waals surface area contributed by atoms with Crippen LogP contribution in [0.1, 0.15) is 45.4 Å². The van der Waals surface area contributed by atoms with Gasteiger partial charge in [-0.25, -0.2) is 0 Å². The average Bonchev–Trinajstić information content (AvgIpc) is 2.49. The third-order valence-corrected chi connectivity index (χ3v) is 4.63. The Morgan fingerprint density at radius 3 is 2.68 bits per heavy atom. The maximum atomic E-state index is 12.0. The number of rotatable bonds is 5. The first-order valence-electron chi connectivity index (χ1n) is 8.03. The van der Waals surface area contributed by atoms with Crippen LogP contribution in [0.15, 0.2) is 0 Å². The Kier molecular flexibility index (Phi) is 6.11. The summed E-state index contributed by atoms with van der Waals surface area (Å²) in [5, 5.41) is 6.41. The molecule has 19 heavy (non-hydrogen) atoms. The zero-order chi connectivity index (χ0) is 13.5. The molecule has 0 aliphatic carbocycles. The van der Waals surface area contributed by atoms with E-state index in [9.17, 15) is 4.79 Å². The lowest BCUT2D eigenvalue weighted by Crippen LogP contribution is -2.47. The van der Waals surface area contributed by atoms with Gasteiger partial charge in [-0.05, 0) is 64.2 Å². The van der Waals surface area contributed by atoms with Gasteiger partial charge >= 0.3 is 0 Å². The zero-order valence-electron chi connectivity index (χ0n) is 12.3. The van der Waals surface area contributed by atoms with Crippen molar-refractivity contribution < 1.29 is 4.79 Å². The number of hydrogen-bond acceptors (Lipinski definition) is 3. The highest BCUT2D eigenvalue weighted by molar-refractivity contribution is 5.81. The molecule has 2 saturated heterocycles. The fraction of sp³-hybridized carbons (Fsp3) is 0.933. The predicted molar refractivity (Wildman–Crippen MR) is 78.1 cm³/mol. The summed E-state index contributed by atoms with van der Waals surface area (Å²) in [6.07, 6.45) is 7.13. The first-order valence-corrected chi connectivity index (χ1v) is 8.03. The van der Waals surface area contributed by atoms with E-state index in [1.54, 1.807) is 0 Å². The molecule has 0 spiro atoms. The second-order valence-corrected chi connectivity index (χ2v) is 5.96. The number of likely N-dealkylation sites (tertiary alicyclic amines) is 1. The summed E-state index contributed by atoms with van der Waals surface area (Å²) < 4.78 is 0. The molecule has 4 heteroatoms. The summed E-state index contributed by atoms with van der Waals surface area (Å²) >= 11 is 0. The normalized spacial score (nSPS) is 26.3. The van der Waals surface area contributed by atoms with Crippen molar-refractivity contribution in [3.8, 4) is 0 Å². The van der Waals surface area contributed by atoms with Crippen molar-refractivity contribution in [2.24, 2.45) is 5.92 Å². The maximum absolute atomic E-state index is 12.0. The largest absolute Gasteiger partial charge is 0.355 e. The van der Waals surface area contributed by atoms with Crippen LogP contribution >= 0.6 is 0 Å². The van der Waals surface area contributed by atoms with Crippen LogP contribution in [0.25, 0.3) is 0 Å². The molecule has 0 saturated carbocycles. The van der Waals surface area contributed by atoms with E-state index in [2.05, 4.69) is 22.5 Å². The summed E-state index contributed by atoms with van der Waals surface area (Å²) in [5.41, 5.74) is 0. The molecule has 0 aromatic rings. The van der Waals surface area contributed by atoms with Gasteiger partial charge < -0.3 is 15.5 Å². The monoisotopic (exact) mass is 267 g/mol. The number of carbonyl (C=O) groups is 1. The highest BCUT2D eigenvalue weighted by Crippen LogP contribution is 2.19. The van der Waals surface area contributed by atoms with E-state index < -0.39 is 0 Å². The van der Waals surface area contributed by atoms with Crippen LogP contribution < -0.4 is 10.6 Å². The summed E-state index contributed by atoms with van der Waals surface area (Å²) in [7, 11) is 0. The van der Waals surface area contributed by atoms with E-state index in [4.69, 9.17) is 0 Å². The molecule has 0 bridgehead atoms. The number of hydrogen-bond donors (Lipinski definition) is 2. The first kappa shape index (κ1) is 14.8. The Hall–Kier alpha value is -0.610. The van der Waals surface area contributed by atoms with Gasteiger partial charge in [0.05, 0.1) is 6.04 Å². The highest BCUT2D eigenvalue weighted by Gasteiger charge is 2.21.